The zero-order valence-corrected chi connectivity index (χ0v) is 20.8. The molecule has 0 atom stereocenters. The fourth-order valence-corrected chi connectivity index (χ4v) is 4.53. The Morgan fingerprint density at radius 2 is 1.75 bits per heavy atom. The number of anilines is 1. The van der Waals surface area contributed by atoms with Crippen LogP contribution in [0.4, 0.5) is 10.5 Å². The van der Waals surface area contributed by atoms with Crippen molar-refractivity contribution in [3.63, 3.8) is 0 Å². The molecule has 1 fully saturated rings. The number of hydrogen-bond acceptors (Lipinski definition) is 6. The molecule has 4 rings (SSSR count). The molecule has 1 aliphatic rings. The number of benzene rings is 3. The summed E-state index contributed by atoms with van der Waals surface area (Å²) in [6.45, 7) is 2.05. The van der Waals surface area contributed by atoms with Crippen LogP contribution in [0.2, 0.25) is 0 Å². The van der Waals surface area contributed by atoms with Gasteiger partial charge >= 0.3 is 0 Å². The molecule has 184 valence electrons. The van der Waals surface area contributed by atoms with Crippen molar-refractivity contribution in [1.29, 1.82) is 0 Å². The smallest absolute Gasteiger partial charge is 0.293 e. The number of rotatable bonds is 9. The maximum atomic E-state index is 12.8. The molecule has 1 heterocycles. The van der Waals surface area contributed by atoms with Crippen molar-refractivity contribution < 1.29 is 23.9 Å². The monoisotopic (exact) mass is 502 g/mol. The van der Waals surface area contributed by atoms with Gasteiger partial charge in [-0.1, -0.05) is 54.6 Å². The van der Waals surface area contributed by atoms with Gasteiger partial charge in [-0.3, -0.25) is 19.3 Å². The van der Waals surface area contributed by atoms with E-state index in [0.717, 1.165) is 28.6 Å². The second-order valence-corrected chi connectivity index (χ2v) is 9.12. The first-order valence-corrected chi connectivity index (χ1v) is 12.2. The highest BCUT2D eigenvalue weighted by Crippen LogP contribution is 2.34. The predicted octanol–water partition coefficient (Wildman–Crippen LogP) is 5.30. The Morgan fingerprint density at radius 3 is 2.50 bits per heavy atom. The van der Waals surface area contributed by atoms with Gasteiger partial charge in [0.05, 0.1) is 12.0 Å². The van der Waals surface area contributed by atoms with Crippen molar-refractivity contribution in [3.8, 4) is 11.5 Å². The number of amides is 3. The van der Waals surface area contributed by atoms with E-state index in [-0.39, 0.29) is 23.7 Å². The fraction of sp³-hybridized carbons (Fsp3) is 0.179. The Bertz CT molecular complexity index is 1310. The topological polar surface area (TPSA) is 84.9 Å². The average Bonchev–Trinajstić information content (AvgIpc) is 3.15. The van der Waals surface area contributed by atoms with E-state index in [1.54, 1.807) is 24.3 Å². The lowest BCUT2D eigenvalue weighted by molar-refractivity contribution is -0.122. The van der Waals surface area contributed by atoms with Crippen LogP contribution < -0.4 is 14.8 Å². The van der Waals surface area contributed by atoms with E-state index in [9.17, 15) is 14.4 Å². The van der Waals surface area contributed by atoms with Crippen LogP contribution in [0.25, 0.3) is 6.08 Å². The maximum Gasteiger partial charge on any atom is 0.293 e. The van der Waals surface area contributed by atoms with Crippen molar-refractivity contribution in [2.45, 2.75) is 13.3 Å². The number of carbonyl (C=O) groups excluding carboxylic acids is 3. The van der Waals surface area contributed by atoms with Crippen LogP contribution in [0, 0.1) is 6.92 Å². The van der Waals surface area contributed by atoms with Crippen molar-refractivity contribution in [2.24, 2.45) is 0 Å². The van der Waals surface area contributed by atoms with Gasteiger partial charge in [-0.15, -0.1) is 0 Å². The maximum absolute atomic E-state index is 12.8. The van der Waals surface area contributed by atoms with E-state index in [4.69, 9.17) is 9.47 Å². The molecule has 3 amide bonds. The van der Waals surface area contributed by atoms with Crippen LogP contribution in [0.15, 0.2) is 77.7 Å². The molecule has 0 spiro atoms. The number of nitrogens with zero attached hydrogens (tertiary/aromatic N) is 1. The summed E-state index contributed by atoms with van der Waals surface area (Å²) in [6, 6.07) is 22.3. The van der Waals surface area contributed by atoms with Crippen LogP contribution >= 0.6 is 11.8 Å². The summed E-state index contributed by atoms with van der Waals surface area (Å²) < 4.78 is 11.1. The molecule has 0 radical (unpaired) electrons. The third-order valence-corrected chi connectivity index (χ3v) is 6.51. The van der Waals surface area contributed by atoms with Crippen LogP contribution in [0.3, 0.4) is 0 Å². The van der Waals surface area contributed by atoms with Gasteiger partial charge in [0.15, 0.2) is 18.1 Å². The summed E-state index contributed by atoms with van der Waals surface area (Å²) in [6.07, 6.45) is 2.26. The number of hydrogen-bond donors (Lipinski definition) is 1. The van der Waals surface area contributed by atoms with Crippen molar-refractivity contribution >= 4 is 40.6 Å². The van der Waals surface area contributed by atoms with E-state index in [1.807, 2.05) is 61.5 Å². The molecular formula is C28H26N2O5S. The summed E-state index contributed by atoms with van der Waals surface area (Å²) in [5.41, 5.74) is 3.42. The van der Waals surface area contributed by atoms with Crippen molar-refractivity contribution in [2.75, 3.05) is 25.6 Å². The Balaban J connectivity index is 1.39. The molecule has 36 heavy (non-hydrogen) atoms. The van der Waals surface area contributed by atoms with Gasteiger partial charge in [0, 0.05) is 12.2 Å². The molecule has 0 bridgehead atoms. The first-order valence-electron chi connectivity index (χ1n) is 11.4. The van der Waals surface area contributed by atoms with Gasteiger partial charge in [0.25, 0.3) is 17.1 Å². The number of aryl methyl sites for hydroxylation is 1. The van der Waals surface area contributed by atoms with Crippen LogP contribution in [0.5, 0.6) is 11.5 Å². The summed E-state index contributed by atoms with van der Waals surface area (Å²) in [5.74, 6) is 0.203. The second-order valence-electron chi connectivity index (χ2n) is 8.13. The van der Waals surface area contributed by atoms with Crippen molar-refractivity contribution in [1.82, 2.24) is 4.90 Å². The summed E-state index contributed by atoms with van der Waals surface area (Å²) in [4.78, 5) is 39.2. The minimum Gasteiger partial charge on any atom is -0.493 e. The number of nitrogens with one attached hydrogen (secondary N) is 1. The van der Waals surface area contributed by atoms with E-state index in [2.05, 4.69) is 5.32 Å². The predicted molar refractivity (Wildman–Crippen MR) is 141 cm³/mol. The molecule has 1 N–H and O–H groups in total. The van der Waals surface area contributed by atoms with Gasteiger partial charge in [-0.2, -0.15) is 0 Å². The van der Waals surface area contributed by atoms with Gasteiger partial charge < -0.3 is 14.8 Å². The fourth-order valence-electron chi connectivity index (χ4n) is 3.67. The standard InChI is InChI=1S/C28H26N2O5S/c1-19-8-6-7-11-22(19)29-26(31)18-35-23-13-12-21(16-24(23)34-2)17-25-27(32)30(28(33)36-25)15-14-20-9-4-3-5-10-20/h3-13,16-17H,14-15,18H2,1-2H3,(H,29,31)/b25-17-. The molecule has 1 saturated heterocycles. The van der Waals surface area contributed by atoms with Gasteiger partial charge in [0.2, 0.25) is 0 Å². The van der Waals surface area contributed by atoms with Crippen LogP contribution in [-0.4, -0.2) is 42.2 Å². The average molecular weight is 503 g/mol. The lowest BCUT2D eigenvalue weighted by Crippen LogP contribution is -2.30. The molecule has 0 saturated carbocycles. The number of methoxy groups -OCH3 is 1. The number of ether oxygens (including phenoxy) is 2. The molecule has 7 nitrogen and oxygen atoms in total. The SMILES string of the molecule is COc1cc(/C=C2\SC(=O)N(CCc3ccccc3)C2=O)ccc1OCC(=O)Nc1ccccc1C. The number of thioether (sulfide) groups is 1. The molecule has 3 aromatic carbocycles. The third-order valence-electron chi connectivity index (χ3n) is 5.60. The lowest BCUT2D eigenvalue weighted by Gasteiger charge is -2.13. The quantitative estimate of drug-likeness (QED) is 0.400. The highest BCUT2D eigenvalue weighted by molar-refractivity contribution is 8.18. The zero-order chi connectivity index (χ0) is 25.5. The molecule has 3 aromatic rings. The molecule has 1 aliphatic heterocycles. The largest absolute Gasteiger partial charge is 0.493 e. The van der Waals surface area contributed by atoms with E-state index in [0.29, 0.717) is 34.9 Å². The molecule has 0 unspecified atom stereocenters. The summed E-state index contributed by atoms with van der Waals surface area (Å²) >= 11 is 0.919. The minimum absolute atomic E-state index is 0.190. The summed E-state index contributed by atoms with van der Waals surface area (Å²) in [5, 5.41) is 2.54. The third kappa shape index (κ3) is 6.14. The number of para-hydroxylation sites is 1. The molecule has 8 heteroatoms. The molecular weight excluding hydrogens is 476 g/mol. The molecule has 0 aliphatic carbocycles. The number of imide groups is 1. The van der Waals surface area contributed by atoms with Gasteiger partial charge in [0.1, 0.15) is 0 Å². The first-order chi connectivity index (χ1) is 17.4. The van der Waals surface area contributed by atoms with E-state index in [1.165, 1.54) is 12.0 Å². The zero-order valence-electron chi connectivity index (χ0n) is 20.0. The van der Waals surface area contributed by atoms with Crippen LogP contribution in [-0.2, 0) is 16.0 Å². The van der Waals surface area contributed by atoms with E-state index < -0.39 is 0 Å². The second kappa shape index (κ2) is 11.6. The highest BCUT2D eigenvalue weighted by Gasteiger charge is 2.34. The van der Waals surface area contributed by atoms with Crippen molar-refractivity contribution in [3.05, 3.63) is 94.4 Å². The Hall–Kier alpha value is -4.04. The normalized spacial score (nSPS) is 14.3. The lowest BCUT2D eigenvalue weighted by atomic mass is 10.1. The first kappa shape index (κ1) is 25.1. The minimum atomic E-state index is -0.312. The summed E-state index contributed by atoms with van der Waals surface area (Å²) in [7, 11) is 1.50. The van der Waals surface area contributed by atoms with Gasteiger partial charge in [-0.05, 0) is 66.1 Å². The Kier molecular flexibility index (Phi) is 8.07. The van der Waals surface area contributed by atoms with Gasteiger partial charge in [-0.25, -0.2) is 0 Å². The van der Waals surface area contributed by atoms with Crippen LogP contribution in [0.1, 0.15) is 16.7 Å². The highest BCUT2D eigenvalue weighted by atomic mass is 32.2. The molecule has 0 aromatic heterocycles. The van der Waals surface area contributed by atoms with E-state index >= 15 is 0 Å². The number of carbonyl (C=O) groups is 3. The Labute approximate surface area is 214 Å². The Morgan fingerprint density at radius 1 is 1.00 bits per heavy atom.